The first kappa shape index (κ1) is 20.0. The van der Waals surface area contributed by atoms with E-state index in [-0.39, 0.29) is 30.4 Å². The van der Waals surface area contributed by atoms with E-state index in [1.54, 1.807) is 11.0 Å². The molecule has 0 aliphatic carbocycles. The van der Waals surface area contributed by atoms with Crippen molar-refractivity contribution in [1.29, 1.82) is 0 Å². The van der Waals surface area contributed by atoms with Gasteiger partial charge in [-0.3, -0.25) is 14.9 Å². The van der Waals surface area contributed by atoms with Gasteiger partial charge >= 0.3 is 0 Å². The smallest absolute Gasteiger partial charge is 0.274 e. The predicted molar refractivity (Wildman–Crippen MR) is 116 cm³/mol. The molecule has 0 saturated carbocycles. The maximum absolute atomic E-state index is 12.6. The van der Waals surface area contributed by atoms with Crippen LogP contribution in [-0.2, 0) is 22.7 Å². The topological polar surface area (TPSA) is 92.5 Å². The Hall–Kier alpha value is -3.33. The normalized spacial score (nSPS) is 13.8. The monoisotopic (exact) mass is 466 g/mol. The molecule has 0 saturated heterocycles. The summed E-state index contributed by atoms with van der Waals surface area (Å²) in [6.45, 7) is 0.860. The highest BCUT2D eigenvalue weighted by molar-refractivity contribution is 9.10. The third kappa shape index (κ3) is 4.98. The minimum Gasteiger partial charge on any atom is -0.288 e. The fourth-order valence-electron chi connectivity index (χ4n) is 3.07. The van der Waals surface area contributed by atoms with Gasteiger partial charge in [-0.05, 0) is 23.3 Å². The summed E-state index contributed by atoms with van der Waals surface area (Å²) in [5.74, 6) is -0.309. The quantitative estimate of drug-likeness (QED) is 0.603. The zero-order valence-electron chi connectivity index (χ0n) is 16.0. The van der Waals surface area contributed by atoms with Crippen LogP contribution in [0.3, 0.4) is 0 Å². The number of carbonyl (C=O) groups excluding carboxylic acids is 2. The average Bonchev–Trinajstić information content (AvgIpc) is 3.17. The molecule has 1 aliphatic heterocycles. The van der Waals surface area contributed by atoms with E-state index >= 15 is 0 Å². The molecule has 2 heterocycles. The molecule has 1 N–H and O–H groups in total. The molecule has 1 aliphatic rings. The Morgan fingerprint density at radius 2 is 1.83 bits per heavy atom. The van der Waals surface area contributed by atoms with Crippen molar-refractivity contribution in [2.24, 2.45) is 5.10 Å². The summed E-state index contributed by atoms with van der Waals surface area (Å²) in [5, 5.41) is 12.6. The van der Waals surface area contributed by atoms with E-state index in [1.165, 1.54) is 5.01 Å². The number of rotatable bonds is 6. The highest BCUT2D eigenvalue weighted by Gasteiger charge is 2.25. The predicted octanol–water partition coefficient (Wildman–Crippen LogP) is 3.21. The van der Waals surface area contributed by atoms with Gasteiger partial charge in [0.15, 0.2) is 0 Å². The Morgan fingerprint density at radius 3 is 2.63 bits per heavy atom. The van der Waals surface area contributed by atoms with Gasteiger partial charge in [0.25, 0.3) is 5.91 Å². The standard InChI is InChI=1S/C21H19BrN6O2/c22-17-8-4-7-16(11-17)12-27-14-23-21(26-27)24-20(30)18-9-10-19(29)28(25-18)13-15-5-2-1-3-6-15/h1-8,11,14H,9-10,12-13H2,(H,24,26,30). The summed E-state index contributed by atoms with van der Waals surface area (Å²) in [7, 11) is 0. The van der Waals surface area contributed by atoms with Crippen molar-refractivity contribution < 1.29 is 9.59 Å². The number of anilines is 1. The molecule has 0 unspecified atom stereocenters. The summed E-state index contributed by atoms with van der Waals surface area (Å²) in [6.07, 6.45) is 2.09. The van der Waals surface area contributed by atoms with Crippen molar-refractivity contribution in [3.63, 3.8) is 0 Å². The van der Waals surface area contributed by atoms with Crippen molar-refractivity contribution in [3.8, 4) is 0 Å². The Bertz CT molecular complexity index is 1100. The van der Waals surface area contributed by atoms with Crippen LogP contribution in [0.1, 0.15) is 24.0 Å². The number of amides is 2. The summed E-state index contributed by atoms with van der Waals surface area (Å²) < 4.78 is 2.63. The number of aromatic nitrogens is 3. The first-order valence-corrected chi connectivity index (χ1v) is 10.2. The first-order chi connectivity index (χ1) is 14.6. The largest absolute Gasteiger partial charge is 0.288 e. The third-order valence-electron chi connectivity index (χ3n) is 4.54. The van der Waals surface area contributed by atoms with Gasteiger partial charge in [0.2, 0.25) is 11.9 Å². The number of carbonyl (C=O) groups is 2. The summed E-state index contributed by atoms with van der Waals surface area (Å²) in [5.41, 5.74) is 2.29. The molecule has 2 aromatic carbocycles. The number of halogens is 1. The molecule has 152 valence electrons. The van der Waals surface area contributed by atoms with E-state index in [1.807, 2.05) is 54.6 Å². The maximum atomic E-state index is 12.6. The van der Waals surface area contributed by atoms with Crippen molar-refractivity contribution in [2.45, 2.75) is 25.9 Å². The first-order valence-electron chi connectivity index (χ1n) is 9.44. The second-order valence-electron chi connectivity index (χ2n) is 6.83. The van der Waals surface area contributed by atoms with Crippen LogP contribution in [0, 0.1) is 0 Å². The van der Waals surface area contributed by atoms with E-state index in [0.717, 1.165) is 15.6 Å². The van der Waals surface area contributed by atoms with Crippen LogP contribution in [0.25, 0.3) is 0 Å². The highest BCUT2D eigenvalue weighted by atomic mass is 79.9. The molecule has 4 rings (SSSR count). The van der Waals surface area contributed by atoms with Gasteiger partial charge in [0.05, 0.1) is 13.1 Å². The van der Waals surface area contributed by atoms with Crippen molar-refractivity contribution in [1.82, 2.24) is 19.8 Å². The fourth-order valence-corrected chi connectivity index (χ4v) is 3.52. The minimum absolute atomic E-state index is 0.105. The van der Waals surface area contributed by atoms with Crippen LogP contribution in [0.15, 0.2) is 70.5 Å². The lowest BCUT2D eigenvalue weighted by Gasteiger charge is -2.23. The number of hydrazone groups is 1. The molecule has 0 spiro atoms. The van der Waals surface area contributed by atoms with Gasteiger partial charge in [-0.25, -0.2) is 14.7 Å². The zero-order valence-corrected chi connectivity index (χ0v) is 17.6. The summed E-state index contributed by atoms with van der Waals surface area (Å²) in [6, 6.07) is 17.4. The maximum Gasteiger partial charge on any atom is 0.274 e. The number of nitrogens with zero attached hydrogens (tertiary/aromatic N) is 5. The average molecular weight is 467 g/mol. The molecular formula is C21H19BrN6O2. The Kier molecular flexibility index (Phi) is 5.99. The summed E-state index contributed by atoms with van der Waals surface area (Å²) in [4.78, 5) is 28.9. The molecule has 0 atom stereocenters. The van der Waals surface area contributed by atoms with Gasteiger partial charge in [0, 0.05) is 17.3 Å². The molecule has 30 heavy (non-hydrogen) atoms. The minimum atomic E-state index is -0.402. The third-order valence-corrected chi connectivity index (χ3v) is 5.03. The van der Waals surface area contributed by atoms with Gasteiger partial charge < -0.3 is 0 Å². The molecule has 0 radical (unpaired) electrons. The van der Waals surface area contributed by atoms with Gasteiger partial charge in [-0.1, -0.05) is 58.4 Å². The molecule has 3 aromatic rings. The molecule has 0 fully saturated rings. The molecule has 2 amide bonds. The lowest BCUT2D eigenvalue weighted by atomic mass is 10.1. The fraction of sp³-hybridized carbons (Fsp3) is 0.190. The van der Waals surface area contributed by atoms with Crippen LogP contribution in [0.4, 0.5) is 5.95 Å². The van der Waals surface area contributed by atoms with Gasteiger partial charge in [-0.2, -0.15) is 5.10 Å². The lowest BCUT2D eigenvalue weighted by Crippen LogP contribution is -2.36. The van der Waals surface area contributed by atoms with Crippen molar-refractivity contribution in [3.05, 3.63) is 76.5 Å². The van der Waals surface area contributed by atoms with E-state index < -0.39 is 5.91 Å². The Balaban J connectivity index is 1.41. The van der Waals surface area contributed by atoms with E-state index in [9.17, 15) is 9.59 Å². The highest BCUT2D eigenvalue weighted by Crippen LogP contribution is 2.15. The number of nitrogens with one attached hydrogen (secondary N) is 1. The molecule has 0 bridgehead atoms. The summed E-state index contributed by atoms with van der Waals surface area (Å²) >= 11 is 3.44. The molecule has 1 aromatic heterocycles. The zero-order chi connectivity index (χ0) is 20.9. The second kappa shape index (κ2) is 9.00. The lowest BCUT2D eigenvalue weighted by molar-refractivity contribution is -0.132. The van der Waals surface area contributed by atoms with Gasteiger partial charge in [0.1, 0.15) is 12.0 Å². The Labute approximate surface area is 181 Å². The Morgan fingerprint density at radius 1 is 1.03 bits per heavy atom. The van der Waals surface area contributed by atoms with Crippen LogP contribution in [0.2, 0.25) is 0 Å². The van der Waals surface area contributed by atoms with Crippen LogP contribution >= 0.6 is 15.9 Å². The van der Waals surface area contributed by atoms with E-state index in [0.29, 0.717) is 13.1 Å². The van der Waals surface area contributed by atoms with Gasteiger partial charge in [-0.15, -0.1) is 5.10 Å². The second-order valence-corrected chi connectivity index (χ2v) is 7.75. The SMILES string of the molecule is O=C(Nc1ncn(Cc2cccc(Br)c2)n1)C1=NN(Cc2ccccc2)C(=O)CC1. The molecule has 9 heteroatoms. The van der Waals surface area contributed by atoms with E-state index in [2.05, 4.69) is 36.4 Å². The van der Waals surface area contributed by atoms with Crippen molar-refractivity contribution in [2.75, 3.05) is 5.32 Å². The number of hydrogen-bond acceptors (Lipinski definition) is 5. The number of benzene rings is 2. The van der Waals surface area contributed by atoms with Crippen molar-refractivity contribution >= 4 is 39.4 Å². The number of hydrogen-bond donors (Lipinski definition) is 1. The van der Waals surface area contributed by atoms with Crippen LogP contribution in [-0.4, -0.2) is 37.3 Å². The van der Waals surface area contributed by atoms with E-state index in [4.69, 9.17) is 0 Å². The molecule has 8 nitrogen and oxygen atoms in total. The molecular weight excluding hydrogens is 448 g/mol. The van der Waals surface area contributed by atoms with Crippen LogP contribution < -0.4 is 5.32 Å². The van der Waals surface area contributed by atoms with Crippen LogP contribution in [0.5, 0.6) is 0 Å².